The van der Waals surface area contributed by atoms with Gasteiger partial charge in [-0.3, -0.25) is 9.59 Å². The summed E-state index contributed by atoms with van der Waals surface area (Å²) < 4.78 is 22.8. The van der Waals surface area contributed by atoms with Crippen LogP contribution in [-0.4, -0.2) is 97.9 Å². The summed E-state index contributed by atoms with van der Waals surface area (Å²) in [7, 11) is 0. The van der Waals surface area contributed by atoms with Crippen LogP contribution in [0.15, 0.2) is 131 Å². The Morgan fingerprint density at radius 1 is 0.543 bits per heavy atom. The lowest BCUT2D eigenvalue weighted by Gasteiger charge is -2.19. The van der Waals surface area contributed by atoms with Crippen LogP contribution in [-0.2, 0) is 0 Å². The number of fused-ring (bicyclic) bond motifs is 2. The molecule has 2 atom stereocenters. The molecule has 12 rings (SSSR count). The van der Waals surface area contributed by atoms with Crippen LogP contribution in [0.4, 0.5) is 11.6 Å². The van der Waals surface area contributed by atoms with E-state index >= 15 is 0 Å². The molecule has 4 aromatic carbocycles. The molecule has 0 radical (unpaired) electrons. The molecule has 0 spiro atoms. The number of imidazole rings is 2. The van der Waals surface area contributed by atoms with E-state index in [0.29, 0.717) is 94.2 Å². The molecule has 0 saturated carbocycles. The predicted molar refractivity (Wildman–Crippen MR) is 253 cm³/mol. The van der Waals surface area contributed by atoms with Crippen molar-refractivity contribution >= 4 is 45.3 Å². The number of rotatable bonds is 12. The van der Waals surface area contributed by atoms with E-state index in [1.165, 1.54) is 0 Å². The summed E-state index contributed by atoms with van der Waals surface area (Å²) in [6.45, 7) is 6.52. The average Bonchev–Trinajstić information content (AvgIpc) is 4.27. The molecule has 20 heteroatoms. The molecule has 0 unspecified atom stereocenters. The minimum Gasteiger partial charge on any atom is -0.436 e. The molecule has 0 amide bonds. The summed E-state index contributed by atoms with van der Waals surface area (Å²) in [5, 5.41) is 7.79. The molecule has 348 valence electrons. The van der Waals surface area contributed by atoms with Gasteiger partial charge < -0.3 is 38.3 Å². The molecule has 2 saturated heterocycles. The largest absolute Gasteiger partial charge is 0.436 e. The van der Waals surface area contributed by atoms with E-state index in [4.69, 9.17) is 18.5 Å². The minimum absolute atomic E-state index is 0.134. The first-order valence-corrected chi connectivity index (χ1v) is 22.5. The Morgan fingerprint density at radius 3 is 1.36 bits per heavy atom. The van der Waals surface area contributed by atoms with E-state index < -0.39 is 0 Å². The lowest BCUT2D eigenvalue weighted by Crippen LogP contribution is -2.21. The van der Waals surface area contributed by atoms with Gasteiger partial charge in [0.25, 0.3) is 11.8 Å². The number of carbonyl (C=O) groups excluding carboxylic acids is 2. The zero-order valence-electron chi connectivity index (χ0n) is 37.8. The Labute approximate surface area is 398 Å². The van der Waals surface area contributed by atoms with Crippen molar-refractivity contribution < 1.29 is 28.1 Å². The summed E-state index contributed by atoms with van der Waals surface area (Å²) in [5.41, 5.74) is 4.17. The SMILES string of the molecule is Cc1noc([C@@H]2CCN(c3nccnc3Oc3ccc(C(=O)c4nc5ccccc5[nH]4)cc3)C2)n1.Cc1noc([C@H]2CCN(c3nccnc3Oc3ccc(C(=O)c4nc5ccccc5[nH]4)cc3)C2)n1. The molecule has 2 aliphatic rings. The van der Waals surface area contributed by atoms with Crippen molar-refractivity contribution in [2.45, 2.75) is 38.5 Å². The van der Waals surface area contributed by atoms with Gasteiger partial charge in [-0.15, -0.1) is 0 Å². The first-order chi connectivity index (χ1) is 34.3. The fourth-order valence-electron chi connectivity index (χ4n) is 8.45. The zero-order chi connectivity index (χ0) is 47.6. The quantitative estimate of drug-likeness (QED) is 0.110. The van der Waals surface area contributed by atoms with Crippen LogP contribution in [0.2, 0.25) is 0 Å². The van der Waals surface area contributed by atoms with E-state index in [0.717, 1.165) is 48.0 Å². The van der Waals surface area contributed by atoms with Crippen LogP contribution in [0, 0.1) is 13.8 Å². The number of aromatic nitrogens is 12. The second-order valence-corrected chi connectivity index (χ2v) is 16.7. The molecule has 8 heterocycles. The van der Waals surface area contributed by atoms with Crippen LogP contribution < -0.4 is 19.3 Å². The maximum Gasteiger partial charge on any atom is 0.263 e. The Kier molecular flexibility index (Phi) is 11.7. The Balaban J connectivity index is 0.000000152. The Morgan fingerprint density at radius 2 is 0.957 bits per heavy atom. The van der Waals surface area contributed by atoms with Gasteiger partial charge in [-0.1, -0.05) is 34.6 Å². The average molecular weight is 935 g/mol. The van der Waals surface area contributed by atoms with E-state index in [9.17, 15) is 9.59 Å². The molecule has 10 aromatic rings. The smallest absolute Gasteiger partial charge is 0.263 e. The van der Waals surface area contributed by atoms with Crippen LogP contribution in [0.3, 0.4) is 0 Å². The van der Waals surface area contributed by atoms with Crippen molar-refractivity contribution in [2.75, 3.05) is 36.0 Å². The van der Waals surface area contributed by atoms with E-state index in [-0.39, 0.29) is 23.4 Å². The highest BCUT2D eigenvalue weighted by Gasteiger charge is 2.32. The minimum atomic E-state index is -0.188. The lowest BCUT2D eigenvalue weighted by molar-refractivity contribution is 0.102. The normalized spacial score (nSPS) is 15.6. The van der Waals surface area contributed by atoms with Crippen molar-refractivity contribution in [1.82, 2.24) is 60.2 Å². The summed E-state index contributed by atoms with van der Waals surface area (Å²) in [6, 6.07) is 28.9. The van der Waals surface area contributed by atoms with Crippen molar-refractivity contribution in [3.05, 3.63) is 168 Å². The number of hydrogen-bond acceptors (Lipinski definition) is 18. The molecule has 2 N–H and O–H groups in total. The molecule has 20 nitrogen and oxygen atoms in total. The second-order valence-electron chi connectivity index (χ2n) is 16.7. The number of aromatic amines is 2. The molecule has 0 bridgehead atoms. The first kappa shape index (κ1) is 43.4. The number of hydrogen-bond donors (Lipinski definition) is 2. The number of ether oxygens (including phenoxy) is 2. The Hall–Kier alpha value is -9.20. The topological polar surface area (TPSA) is 246 Å². The number of H-pyrrole nitrogens is 2. The highest BCUT2D eigenvalue weighted by atomic mass is 16.5. The van der Waals surface area contributed by atoms with Gasteiger partial charge in [0.05, 0.1) is 33.9 Å². The van der Waals surface area contributed by atoms with Gasteiger partial charge in [0.15, 0.2) is 34.9 Å². The summed E-state index contributed by atoms with van der Waals surface area (Å²) in [5.74, 6) is 6.22. The van der Waals surface area contributed by atoms with E-state index in [1.807, 2.05) is 62.4 Å². The predicted octanol–water partition coefficient (Wildman–Crippen LogP) is 8.12. The third-order valence-corrected chi connectivity index (χ3v) is 11.9. The van der Waals surface area contributed by atoms with Gasteiger partial charge in [-0.25, -0.2) is 29.9 Å². The van der Waals surface area contributed by atoms with Crippen molar-refractivity contribution in [3.8, 4) is 23.3 Å². The first-order valence-electron chi connectivity index (χ1n) is 22.5. The fraction of sp³-hybridized carbons (Fsp3) is 0.200. The number of benzene rings is 4. The summed E-state index contributed by atoms with van der Waals surface area (Å²) >= 11 is 0. The standard InChI is InChI=1S/2C25H21N7O3/c2*1-15-28-24(35-31-15)17-10-13-32(14-17)23-25(27-12-11-26-23)34-18-8-6-16(7-9-18)21(33)22-29-19-4-2-3-5-20(19)30-22/h2*2-9,11-12,17H,10,13-14H2,1H3,(H,29,30)/t2*17-/m10/s1. The summed E-state index contributed by atoms with van der Waals surface area (Å²) in [6.07, 6.45) is 8.20. The molecule has 6 aromatic heterocycles. The van der Waals surface area contributed by atoms with E-state index in [1.54, 1.807) is 73.3 Å². The van der Waals surface area contributed by atoms with Crippen LogP contribution >= 0.6 is 0 Å². The van der Waals surface area contributed by atoms with Gasteiger partial charge in [0.1, 0.15) is 11.5 Å². The van der Waals surface area contributed by atoms with Gasteiger partial charge in [-0.2, -0.15) is 9.97 Å². The van der Waals surface area contributed by atoms with Gasteiger partial charge in [0, 0.05) is 62.1 Å². The third-order valence-electron chi connectivity index (χ3n) is 11.9. The number of nitrogens with one attached hydrogen (secondary N) is 2. The summed E-state index contributed by atoms with van der Waals surface area (Å²) in [4.78, 5) is 71.4. The Bertz CT molecular complexity index is 3180. The number of nitrogens with zero attached hydrogens (tertiary/aromatic N) is 12. The second kappa shape index (κ2) is 18.8. The van der Waals surface area contributed by atoms with Crippen LogP contribution in [0.1, 0.15) is 80.5 Å². The monoisotopic (exact) mass is 934 g/mol. The van der Waals surface area contributed by atoms with Crippen molar-refractivity contribution in [2.24, 2.45) is 0 Å². The van der Waals surface area contributed by atoms with Crippen molar-refractivity contribution in [1.29, 1.82) is 0 Å². The van der Waals surface area contributed by atoms with Gasteiger partial charge >= 0.3 is 0 Å². The third kappa shape index (κ3) is 9.12. The number of ketones is 2. The van der Waals surface area contributed by atoms with Crippen molar-refractivity contribution in [3.63, 3.8) is 0 Å². The number of para-hydroxylation sites is 4. The van der Waals surface area contributed by atoms with Crippen LogP contribution in [0.5, 0.6) is 23.3 Å². The zero-order valence-corrected chi connectivity index (χ0v) is 37.8. The number of aryl methyl sites for hydroxylation is 2. The fourth-order valence-corrected chi connectivity index (χ4v) is 8.45. The van der Waals surface area contributed by atoms with Crippen LogP contribution in [0.25, 0.3) is 22.1 Å². The molecular weight excluding hydrogens is 893 g/mol. The highest BCUT2D eigenvalue weighted by Crippen LogP contribution is 2.36. The molecule has 2 aliphatic heterocycles. The molecule has 0 aliphatic carbocycles. The van der Waals surface area contributed by atoms with Gasteiger partial charge in [-0.05, 0) is 99.5 Å². The molecule has 2 fully saturated rings. The highest BCUT2D eigenvalue weighted by molar-refractivity contribution is 6.08. The molecule has 70 heavy (non-hydrogen) atoms. The number of anilines is 2. The maximum atomic E-state index is 12.9. The molecular formula is C50H42N14O6. The lowest BCUT2D eigenvalue weighted by atomic mass is 10.1. The number of carbonyl (C=O) groups is 2. The van der Waals surface area contributed by atoms with E-state index in [2.05, 4.69) is 70.0 Å². The maximum absolute atomic E-state index is 12.9. The van der Waals surface area contributed by atoms with Gasteiger partial charge in [0.2, 0.25) is 23.3 Å².